The number of hydrogen-bond donors (Lipinski definition) is 0. The van der Waals surface area contributed by atoms with Gasteiger partial charge in [-0.25, -0.2) is 9.97 Å². The highest BCUT2D eigenvalue weighted by atomic mass is 19.2. The van der Waals surface area contributed by atoms with E-state index in [1.807, 2.05) is 18.7 Å². The number of nitrogens with zero attached hydrogens (tertiary/aromatic N) is 5. The van der Waals surface area contributed by atoms with Gasteiger partial charge in [0.15, 0.2) is 19.0 Å². The Labute approximate surface area is 230 Å². The molecular formula is C29H38F3N5O2. The van der Waals surface area contributed by atoms with Crippen molar-refractivity contribution in [2.24, 2.45) is 0 Å². The molecule has 0 N–H and O–H groups in total. The molecular weight excluding hydrogens is 507 g/mol. The maximum absolute atomic E-state index is 14.2. The van der Waals surface area contributed by atoms with Crippen LogP contribution in [0.1, 0.15) is 84.5 Å². The summed E-state index contributed by atoms with van der Waals surface area (Å²) in [6.07, 6.45) is 16.0. The van der Waals surface area contributed by atoms with Crippen LogP contribution < -0.4 is 14.4 Å². The Morgan fingerprint density at radius 3 is 1.62 bits per heavy atom. The average Bonchev–Trinajstić information content (AvgIpc) is 2.98. The van der Waals surface area contributed by atoms with E-state index in [-0.39, 0.29) is 19.1 Å². The normalized spacial score (nSPS) is 14.1. The van der Waals surface area contributed by atoms with E-state index < -0.39 is 23.5 Å². The lowest BCUT2D eigenvalue weighted by atomic mass is 10.0. The maximum Gasteiger partial charge on any atom is 0.257 e. The summed E-state index contributed by atoms with van der Waals surface area (Å²) in [7, 11) is 0. The SMILES string of the molecule is C1CCCCC1.CCC#CCOc1ncnc(F)c1F.CCC#CCOc1ncnc(N2CCCCC2)c1F. The van der Waals surface area contributed by atoms with Gasteiger partial charge in [0.2, 0.25) is 11.6 Å². The first-order valence-corrected chi connectivity index (χ1v) is 13.7. The summed E-state index contributed by atoms with van der Waals surface area (Å²) in [4.78, 5) is 16.2. The highest BCUT2D eigenvalue weighted by Gasteiger charge is 2.20. The molecule has 1 aliphatic carbocycles. The van der Waals surface area contributed by atoms with Gasteiger partial charge in [-0.1, -0.05) is 64.2 Å². The summed E-state index contributed by atoms with van der Waals surface area (Å²) in [5, 5.41) is 0. The fourth-order valence-corrected chi connectivity index (χ4v) is 3.83. The van der Waals surface area contributed by atoms with Crippen LogP contribution in [0.15, 0.2) is 12.7 Å². The fraction of sp³-hybridized carbons (Fsp3) is 0.586. The zero-order valence-corrected chi connectivity index (χ0v) is 22.9. The topological polar surface area (TPSA) is 73.3 Å². The van der Waals surface area contributed by atoms with Crippen LogP contribution in [0.4, 0.5) is 19.0 Å². The van der Waals surface area contributed by atoms with Crippen molar-refractivity contribution < 1.29 is 22.6 Å². The third-order valence-corrected chi connectivity index (χ3v) is 5.78. The van der Waals surface area contributed by atoms with Crippen LogP contribution in [0, 0.1) is 41.3 Å². The monoisotopic (exact) mass is 545 g/mol. The number of piperidine rings is 1. The van der Waals surface area contributed by atoms with Gasteiger partial charge >= 0.3 is 0 Å². The van der Waals surface area contributed by atoms with Gasteiger partial charge in [0.25, 0.3) is 17.7 Å². The molecule has 1 aliphatic heterocycles. The minimum Gasteiger partial charge on any atom is -0.462 e. The van der Waals surface area contributed by atoms with Gasteiger partial charge in [-0.3, -0.25) is 0 Å². The Kier molecular flexibility index (Phi) is 15.9. The van der Waals surface area contributed by atoms with Crippen molar-refractivity contribution in [3.05, 3.63) is 30.2 Å². The van der Waals surface area contributed by atoms with Crippen LogP contribution in [0.2, 0.25) is 0 Å². The predicted octanol–water partition coefficient (Wildman–Crippen LogP) is 6.29. The second-order valence-electron chi connectivity index (χ2n) is 8.76. The number of halogens is 3. The van der Waals surface area contributed by atoms with Crippen LogP contribution in [-0.2, 0) is 0 Å². The van der Waals surface area contributed by atoms with Gasteiger partial charge in [-0.05, 0) is 19.3 Å². The molecule has 2 aromatic heterocycles. The number of aromatic nitrogens is 4. The van der Waals surface area contributed by atoms with Crippen molar-refractivity contribution in [3.63, 3.8) is 0 Å². The van der Waals surface area contributed by atoms with Crippen LogP contribution in [0.5, 0.6) is 11.8 Å². The number of ether oxygens (including phenoxy) is 2. The summed E-state index contributed by atoms with van der Waals surface area (Å²) in [5.41, 5.74) is 0. The minimum absolute atomic E-state index is 0.0127. The predicted molar refractivity (Wildman–Crippen MR) is 145 cm³/mol. The van der Waals surface area contributed by atoms with Crippen molar-refractivity contribution in [2.75, 3.05) is 31.2 Å². The molecule has 0 bridgehead atoms. The molecule has 0 radical (unpaired) electrons. The third kappa shape index (κ3) is 12.2. The van der Waals surface area contributed by atoms with Gasteiger partial charge in [-0.15, -0.1) is 11.8 Å². The lowest BCUT2D eigenvalue weighted by Gasteiger charge is -2.27. The Balaban J connectivity index is 0.000000232. The smallest absolute Gasteiger partial charge is 0.257 e. The molecule has 0 amide bonds. The first-order valence-electron chi connectivity index (χ1n) is 13.7. The first-order chi connectivity index (χ1) is 19.1. The molecule has 39 heavy (non-hydrogen) atoms. The Morgan fingerprint density at radius 1 is 0.641 bits per heavy atom. The largest absolute Gasteiger partial charge is 0.462 e. The van der Waals surface area contributed by atoms with Gasteiger partial charge < -0.3 is 14.4 Å². The summed E-state index contributed by atoms with van der Waals surface area (Å²) in [6.45, 7) is 5.64. The highest BCUT2D eigenvalue weighted by Crippen LogP contribution is 2.25. The number of hydrogen-bond acceptors (Lipinski definition) is 7. The summed E-state index contributed by atoms with van der Waals surface area (Å²) in [5.74, 6) is 8.01. The van der Waals surface area contributed by atoms with E-state index in [1.165, 1.54) is 51.3 Å². The summed E-state index contributed by atoms with van der Waals surface area (Å²) in [6, 6.07) is 0. The van der Waals surface area contributed by atoms with Crippen molar-refractivity contribution in [2.45, 2.75) is 84.5 Å². The molecule has 2 aliphatic rings. The Morgan fingerprint density at radius 2 is 1.10 bits per heavy atom. The molecule has 7 nitrogen and oxygen atoms in total. The average molecular weight is 546 g/mol. The van der Waals surface area contributed by atoms with Crippen molar-refractivity contribution in [1.82, 2.24) is 19.9 Å². The minimum atomic E-state index is -1.22. The molecule has 10 heteroatoms. The molecule has 2 fully saturated rings. The maximum atomic E-state index is 14.2. The molecule has 0 unspecified atom stereocenters. The molecule has 0 spiro atoms. The van der Waals surface area contributed by atoms with Crippen LogP contribution in [0.25, 0.3) is 0 Å². The lowest BCUT2D eigenvalue weighted by molar-refractivity contribution is 0.317. The summed E-state index contributed by atoms with van der Waals surface area (Å²) >= 11 is 0. The Bertz CT molecular complexity index is 1090. The van der Waals surface area contributed by atoms with E-state index >= 15 is 0 Å². The molecule has 0 atom stereocenters. The van der Waals surface area contributed by atoms with Crippen LogP contribution >= 0.6 is 0 Å². The third-order valence-electron chi connectivity index (χ3n) is 5.78. The molecule has 2 aromatic rings. The van der Waals surface area contributed by atoms with E-state index in [0.717, 1.165) is 38.7 Å². The van der Waals surface area contributed by atoms with E-state index in [2.05, 4.69) is 43.6 Å². The number of anilines is 1. The zero-order chi connectivity index (χ0) is 28.1. The van der Waals surface area contributed by atoms with Crippen LogP contribution in [0.3, 0.4) is 0 Å². The lowest BCUT2D eigenvalue weighted by Crippen LogP contribution is -2.31. The highest BCUT2D eigenvalue weighted by molar-refractivity contribution is 5.43. The molecule has 1 saturated heterocycles. The molecule has 0 aromatic carbocycles. The van der Waals surface area contributed by atoms with E-state index in [9.17, 15) is 13.2 Å². The fourth-order valence-electron chi connectivity index (χ4n) is 3.83. The van der Waals surface area contributed by atoms with Gasteiger partial charge in [0.1, 0.15) is 12.7 Å². The van der Waals surface area contributed by atoms with E-state index in [1.54, 1.807) is 0 Å². The quantitative estimate of drug-likeness (QED) is 0.323. The van der Waals surface area contributed by atoms with Crippen molar-refractivity contribution in [3.8, 4) is 35.4 Å². The molecule has 212 valence electrons. The molecule has 3 heterocycles. The Hall–Kier alpha value is -3.53. The van der Waals surface area contributed by atoms with Crippen molar-refractivity contribution in [1.29, 1.82) is 0 Å². The second kappa shape index (κ2) is 19.5. The van der Waals surface area contributed by atoms with Crippen LogP contribution in [-0.4, -0.2) is 46.2 Å². The standard InChI is InChI=1S/C14H18FN3O.C9H8F2N2O.C6H12/c1-2-3-7-10-19-14-12(15)13(16-11-17-14)18-8-5-4-6-9-18;1-2-3-4-5-14-9-7(10)8(11)12-6-13-9;1-2-4-6-5-3-1/h11H,2,4-6,8-10H2,1H3;6H,2,5H2,1H3;1-6H2. The van der Waals surface area contributed by atoms with E-state index in [0.29, 0.717) is 12.2 Å². The zero-order valence-electron chi connectivity index (χ0n) is 22.9. The molecule has 1 saturated carbocycles. The van der Waals surface area contributed by atoms with Gasteiger partial charge in [-0.2, -0.15) is 23.1 Å². The van der Waals surface area contributed by atoms with Gasteiger partial charge in [0.05, 0.1) is 0 Å². The second-order valence-corrected chi connectivity index (χ2v) is 8.76. The van der Waals surface area contributed by atoms with Crippen molar-refractivity contribution >= 4 is 5.82 Å². The van der Waals surface area contributed by atoms with Gasteiger partial charge in [0, 0.05) is 25.9 Å². The number of rotatable bonds is 5. The summed E-state index contributed by atoms with van der Waals surface area (Å²) < 4.78 is 49.6. The van der Waals surface area contributed by atoms with E-state index in [4.69, 9.17) is 9.47 Å². The first kappa shape index (κ1) is 31.7. The molecule has 4 rings (SSSR count).